The molecule has 2 aromatic carbocycles. The lowest BCUT2D eigenvalue weighted by Crippen LogP contribution is -2.48. The van der Waals surface area contributed by atoms with Gasteiger partial charge in [-0.15, -0.1) is 0 Å². The van der Waals surface area contributed by atoms with Gasteiger partial charge in [0, 0.05) is 38.1 Å². The fourth-order valence-corrected chi connectivity index (χ4v) is 3.93. The third-order valence-electron chi connectivity index (χ3n) is 5.92. The van der Waals surface area contributed by atoms with Crippen LogP contribution < -0.4 is 5.32 Å². The van der Waals surface area contributed by atoms with Crippen LogP contribution in [0.15, 0.2) is 65.1 Å². The molecular formula is C24H29N3O2. The number of likely N-dealkylation sites (tertiary alicyclic amines) is 1. The van der Waals surface area contributed by atoms with Crippen molar-refractivity contribution in [2.75, 3.05) is 20.1 Å². The van der Waals surface area contributed by atoms with E-state index in [-0.39, 0.29) is 18.1 Å². The number of amides is 2. The summed E-state index contributed by atoms with van der Waals surface area (Å²) in [6.07, 6.45) is 1.96. The molecule has 5 heteroatoms. The van der Waals surface area contributed by atoms with Crippen molar-refractivity contribution in [1.82, 2.24) is 15.1 Å². The molecule has 2 heterocycles. The van der Waals surface area contributed by atoms with Crippen molar-refractivity contribution in [3.05, 3.63) is 72.0 Å². The van der Waals surface area contributed by atoms with Gasteiger partial charge in [0.2, 0.25) is 0 Å². The minimum absolute atomic E-state index is 0.0422. The summed E-state index contributed by atoms with van der Waals surface area (Å²) in [6, 6.07) is 20.6. The number of rotatable bonds is 5. The number of piperidine rings is 1. The summed E-state index contributed by atoms with van der Waals surface area (Å²) in [5.74, 6) is 0.807. The Balaban J connectivity index is 1.29. The van der Waals surface area contributed by atoms with E-state index in [1.807, 2.05) is 50.4 Å². The second-order valence-electron chi connectivity index (χ2n) is 7.96. The molecule has 1 atom stereocenters. The molecule has 29 heavy (non-hydrogen) atoms. The van der Waals surface area contributed by atoms with Crippen LogP contribution in [-0.4, -0.2) is 42.0 Å². The molecule has 152 valence electrons. The predicted molar refractivity (Wildman–Crippen MR) is 116 cm³/mol. The van der Waals surface area contributed by atoms with E-state index in [2.05, 4.69) is 34.5 Å². The molecule has 2 amide bonds. The zero-order valence-corrected chi connectivity index (χ0v) is 17.2. The van der Waals surface area contributed by atoms with Crippen LogP contribution >= 0.6 is 0 Å². The third-order valence-corrected chi connectivity index (χ3v) is 5.92. The zero-order valence-electron chi connectivity index (χ0n) is 17.2. The maximum atomic E-state index is 12.8. The SMILES string of the molecule is CC(c1cc2ccccc2o1)N(C)C(=O)NC1CCN(Cc2ccccc2)CC1. The van der Waals surface area contributed by atoms with Crippen molar-refractivity contribution in [2.24, 2.45) is 0 Å². The number of nitrogens with one attached hydrogen (secondary N) is 1. The van der Waals surface area contributed by atoms with Crippen molar-refractivity contribution in [3.8, 4) is 0 Å². The Morgan fingerprint density at radius 3 is 2.55 bits per heavy atom. The van der Waals surface area contributed by atoms with Gasteiger partial charge in [-0.05, 0) is 37.5 Å². The molecule has 1 N–H and O–H groups in total. The van der Waals surface area contributed by atoms with Crippen molar-refractivity contribution in [3.63, 3.8) is 0 Å². The molecule has 1 aromatic heterocycles. The molecule has 4 rings (SSSR count). The summed E-state index contributed by atoms with van der Waals surface area (Å²) in [4.78, 5) is 17.0. The molecule has 0 radical (unpaired) electrons. The van der Waals surface area contributed by atoms with Crippen LogP contribution in [0.2, 0.25) is 0 Å². The topological polar surface area (TPSA) is 48.7 Å². The highest BCUT2D eigenvalue weighted by molar-refractivity contribution is 5.78. The minimum atomic E-state index is -0.124. The van der Waals surface area contributed by atoms with Crippen LogP contribution in [-0.2, 0) is 6.54 Å². The van der Waals surface area contributed by atoms with Gasteiger partial charge in [0.25, 0.3) is 0 Å². The van der Waals surface area contributed by atoms with E-state index >= 15 is 0 Å². The third kappa shape index (κ3) is 4.62. The lowest BCUT2D eigenvalue weighted by atomic mass is 10.0. The second kappa shape index (κ2) is 8.70. The van der Waals surface area contributed by atoms with Crippen LogP contribution in [0.4, 0.5) is 4.79 Å². The summed E-state index contributed by atoms with van der Waals surface area (Å²) in [5.41, 5.74) is 2.20. The number of furan rings is 1. The molecule has 3 aromatic rings. The largest absolute Gasteiger partial charge is 0.459 e. The van der Waals surface area contributed by atoms with E-state index < -0.39 is 0 Å². The Bertz CT molecular complexity index is 912. The van der Waals surface area contributed by atoms with Gasteiger partial charge in [-0.3, -0.25) is 4.90 Å². The standard InChI is InChI=1S/C24H29N3O2/c1-18(23-16-20-10-6-7-11-22(20)29-23)26(2)24(28)25-21-12-14-27(15-13-21)17-19-8-4-3-5-9-19/h3-11,16,18,21H,12-15,17H2,1-2H3,(H,25,28). The minimum Gasteiger partial charge on any atom is -0.459 e. The Morgan fingerprint density at radius 2 is 1.83 bits per heavy atom. The van der Waals surface area contributed by atoms with E-state index in [9.17, 15) is 4.79 Å². The molecule has 5 nitrogen and oxygen atoms in total. The second-order valence-corrected chi connectivity index (χ2v) is 7.96. The summed E-state index contributed by atoms with van der Waals surface area (Å²) < 4.78 is 5.93. The van der Waals surface area contributed by atoms with E-state index in [1.165, 1.54) is 5.56 Å². The number of benzene rings is 2. The molecule has 1 unspecified atom stereocenters. The van der Waals surface area contributed by atoms with E-state index in [4.69, 9.17) is 4.42 Å². The maximum absolute atomic E-state index is 12.8. The number of hydrogen-bond donors (Lipinski definition) is 1. The summed E-state index contributed by atoms with van der Waals surface area (Å²) in [5, 5.41) is 4.27. The Kier molecular flexibility index (Phi) is 5.86. The first kappa shape index (κ1) is 19.5. The average Bonchev–Trinajstić information content (AvgIpc) is 3.19. The van der Waals surface area contributed by atoms with Crippen LogP contribution in [0.25, 0.3) is 11.0 Å². The molecule has 0 saturated carbocycles. The van der Waals surface area contributed by atoms with Crippen molar-refractivity contribution in [1.29, 1.82) is 0 Å². The fraction of sp³-hybridized carbons (Fsp3) is 0.375. The molecule has 0 bridgehead atoms. The first-order valence-corrected chi connectivity index (χ1v) is 10.4. The number of hydrogen-bond acceptors (Lipinski definition) is 3. The number of nitrogens with zero attached hydrogens (tertiary/aromatic N) is 2. The molecule has 0 spiro atoms. The zero-order chi connectivity index (χ0) is 20.2. The van der Waals surface area contributed by atoms with Gasteiger partial charge in [-0.25, -0.2) is 4.79 Å². The number of carbonyl (C=O) groups excluding carboxylic acids is 1. The normalized spacial score (nSPS) is 16.6. The van der Waals surface area contributed by atoms with E-state index in [0.717, 1.165) is 49.2 Å². The highest BCUT2D eigenvalue weighted by atomic mass is 16.3. The highest BCUT2D eigenvalue weighted by Gasteiger charge is 2.25. The molecule has 1 aliphatic heterocycles. The predicted octanol–water partition coefficient (Wildman–Crippen LogP) is 4.80. The maximum Gasteiger partial charge on any atom is 0.317 e. The smallest absolute Gasteiger partial charge is 0.317 e. The van der Waals surface area contributed by atoms with Crippen molar-refractivity contribution in [2.45, 2.75) is 38.4 Å². The monoisotopic (exact) mass is 391 g/mol. The summed E-state index contributed by atoms with van der Waals surface area (Å²) in [7, 11) is 1.83. The number of fused-ring (bicyclic) bond motifs is 1. The van der Waals surface area contributed by atoms with Crippen LogP contribution in [0.5, 0.6) is 0 Å². The van der Waals surface area contributed by atoms with Gasteiger partial charge in [0.1, 0.15) is 11.3 Å². The number of para-hydroxylation sites is 1. The molecule has 1 saturated heterocycles. The number of carbonyl (C=O) groups is 1. The first-order chi connectivity index (χ1) is 14.1. The van der Waals surface area contributed by atoms with Crippen LogP contribution in [0, 0.1) is 0 Å². The first-order valence-electron chi connectivity index (χ1n) is 10.4. The van der Waals surface area contributed by atoms with Crippen molar-refractivity contribution >= 4 is 17.0 Å². The van der Waals surface area contributed by atoms with Gasteiger partial charge < -0.3 is 14.6 Å². The van der Waals surface area contributed by atoms with Crippen molar-refractivity contribution < 1.29 is 9.21 Å². The summed E-state index contributed by atoms with van der Waals surface area (Å²) in [6.45, 7) is 4.98. The lowest BCUT2D eigenvalue weighted by molar-refractivity contribution is 0.163. The van der Waals surface area contributed by atoms with Gasteiger partial charge in [-0.2, -0.15) is 0 Å². The van der Waals surface area contributed by atoms with Gasteiger partial charge >= 0.3 is 6.03 Å². The van der Waals surface area contributed by atoms with E-state index in [1.54, 1.807) is 4.90 Å². The van der Waals surface area contributed by atoms with Crippen LogP contribution in [0.3, 0.4) is 0 Å². The highest BCUT2D eigenvalue weighted by Crippen LogP contribution is 2.26. The number of urea groups is 1. The summed E-state index contributed by atoms with van der Waals surface area (Å²) >= 11 is 0. The molecule has 1 fully saturated rings. The quantitative estimate of drug-likeness (QED) is 0.680. The van der Waals surface area contributed by atoms with Crippen LogP contribution in [0.1, 0.15) is 37.1 Å². The van der Waals surface area contributed by atoms with Gasteiger partial charge in [0.15, 0.2) is 0 Å². The molecular weight excluding hydrogens is 362 g/mol. The molecule has 0 aliphatic carbocycles. The lowest BCUT2D eigenvalue weighted by Gasteiger charge is -2.34. The Labute approximate surface area is 172 Å². The van der Waals surface area contributed by atoms with Gasteiger partial charge in [0.05, 0.1) is 6.04 Å². The average molecular weight is 392 g/mol. The van der Waals surface area contributed by atoms with Gasteiger partial charge in [-0.1, -0.05) is 48.5 Å². The van der Waals surface area contributed by atoms with E-state index in [0.29, 0.717) is 0 Å². The Morgan fingerprint density at radius 1 is 1.14 bits per heavy atom. The fourth-order valence-electron chi connectivity index (χ4n) is 3.93. The molecule has 1 aliphatic rings. The Hall–Kier alpha value is -2.79.